The fourth-order valence-corrected chi connectivity index (χ4v) is 5.56. The number of benzene rings is 1. The molecule has 8 nitrogen and oxygen atoms in total. The minimum absolute atomic E-state index is 0.00862. The first kappa shape index (κ1) is 26.9. The minimum Gasteiger partial charge on any atom is -0.491 e. The summed E-state index contributed by atoms with van der Waals surface area (Å²) < 4.78 is 10.7. The van der Waals surface area contributed by atoms with E-state index in [9.17, 15) is 14.4 Å². The van der Waals surface area contributed by atoms with Crippen LogP contribution in [0.4, 0.5) is 5.69 Å². The number of methoxy groups -OCH3 is 1. The van der Waals surface area contributed by atoms with E-state index in [0.717, 1.165) is 37.7 Å². The summed E-state index contributed by atoms with van der Waals surface area (Å²) in [4.78, 5) is 42.3. The molecular weight excluding hydrogens is 517 g/mol. The highest BCUT2D eigenvalue weighted by molar-refractivity contribution is 6.40. The largest absolute Gasteiger partial charge is 0.491 e. The van der Waals surface area contributed by atoms with Crippen LogP contribution in [-0.4, -0.2) is 42.4 Å². The fraction of sp³-hybridized carbons (Fsp3) is 0.407. The predicted octanol–water partition coefficient (Wildman–Crippen LogP) is 5.10. The number of rotatable bonds is 9. The molecule has 4 rings (SSSR count). The van der Waals surface area contributed by atoms with Gasteiger partial charge in [0.2, 0.25) is 5.78 Å². The number of hydrogen-bond donors (Lipinski definition) is 2. The van der Waals surface area contributed by atoms with Crippen LogP contribution in [0.5, 0.6) is 0 Å². The SMILES string of the molecule is CCOC(=O)[C@H](Cc1ccc(NC(=O)c2c(Cl)cncc2Cl)cc1)NC1=C(OC)C(=O)C12CCCCC2. The summed E-state index contributed by atoms with van der Waals surface area (Å²) in [6.07, 6.45) is 7.53. The first-order chi connectivity index (χ1) is 17.8. The molecule has 2 N–H and O–H groups in total. The second-order valence-corrected chi connectivity index (χ2v) is 9.98. The molecule has 37 heavy (non-hydrogen) atoms. The van der Waals surface area contributed by atoms with Crippen LogP contribution in [0, 0.1) is 5.41 Å². The molecule has 0 saturated heterocycles. The van der Waals surface area contributed by atoms with Crippen LogP contribution in [0.1, 0.15) is 54.9 Å². The van der Waals surface area contributed by atoms with E-state index in [1.165, 1.54) is 19.5 Å². The maximum Gasteiger partial charge on any atom is 0.328 e. The number of esters is 1. The summed E-state index contributed by atoms with van der Waals surface area (Å²) in [5, 5.41) is 6.39. The quantitative estimate of drug-likeness (QED) is 0.422. The number of halogens is 2. The van der Waals surface area contributed by atoms with Gasteiger partial charge in [0.25, 0.3) is 5.91 Å². The van der Waals surface area contributed by atoms with E-state index in [2.05, 4.69) is 15.6 Å². The molecule has 0 bridgehead atoms. The Hall–Kier alpha value is -3.10. The molecule has 2 aliphatic carbocycles. The smallest absolute Gasteiger partial charge is 0.328 e. The number of carbonyl (C=O) groups is 3. The molecule has 1 atom stereocenters. The predicted molar refractivity (Wildman–Crippen MR) is 140 cm³/mol. The van der Waals surface area contributed by atoms with Crippen LogP contribution in [0.15, 0.2) is 48.1 Å². The second-order valence-electron chi connectivity index (χ2n) is 9.16. The summed E-state index contributed by atoms with van der Waals surface area (Å²) in [6, 6.07) is 6.38. The topological polar surface area (TPSA) is 107 Å². The van der Waals surface area contributed by atoms with Crippen molar-refractivity contribution in [2.24, 2.45) is 5.41 Å². The molecule has 0 radical (unpaired) electrons. The number of ether oxygens (including phenoxy) is 2. The Morgan fingerprint density at radius 2 is 1.73 bits per heavy atom. The Balaban J connectivity index is 1.50. The van der Waals surface area contributed by atoms with Gasteiger partial charge in [0.15, 0.2) is 5.76 Å². The van der Waals surface area contributed by atoms with E-state index < -0.39 is 23.3 Å². The molecule has 1 aromatic carbocycles. The van der Waals surface area contributed by atoms with Crippen molar-refractivity contribution in [1.82, 2.24) is 10.3 Å². The summed E-state index contributed by atoms with van der Waals surface area (Å²) in [6.45, 7) is 1.99. The van der Waals surface area contributed by atoms with Gasteiger partial charge in [-0.25, -0.2) is 4.79 Å². The lowest BCUT2D eigenvalue weighted by Gasteiger charge is -2.46. The van der Waals surface area contributed by atoms with Crippen molar-refractivity contribution in [2.45, 2.75) is 51.5 Å². The third-order valence-corrected chi connectivity index (χ3v) is 7.45. The number of ketones is 1. The Morgan fingerprint density at radius 1 is 1.08 bits per heavy atom. The first-order valence-electron chi connectivity index (χ1n) is 12.3. The zero-order chi connectivity index (χ0) is 26.6. The molecule has 2 aromatic rings. The highest BCUT2D eigenvalue weighted by Crippen LogP contribution is 2.52. The van der Waals surface area contributed by atoms with Gasteiger partial charge in [0, 0.05) is 24.5 Å². The molecule has 10 heteroatoms. The Morgan fingerprint density at radius 3 is 2.32 bits per heavy atom. The first-order valence-corrected chi connectivity index (χ1v) is 13.0. The van der Waals surface area contributed by atoms with Crippen molar-refractivity contribution in [3.8, 4) is 0 Å². The molecule has 1 saturated carbocycles. The monoisotopic (exact) mass is 545 g/mol. The maximum absolute atomic E-state index is 12.9. The Kier molecular flexibility index (Phi) is 8.39. The zero-order valence-electron chi connectivity index (χ0n) is 20.7. The van der Waals surface area contributed by atoms with E-state index >= 15 is 0 Å². The van der Waals surface area contributed by atoms with Crippen molar-refractivity contribution < 1.29 is 23.9 Å². The van der Waals surface area contributed by atoms with Gasteiger partial charge in [0.05, 0.1) is 40.4 Å². The van der Waals surface area contributed by atoms with Gasteiger partial charge >= 0.3 is 5.97 Å². The number of nitrogens with zero attached hydrogens (tertiary/aromatic N) is 1. The molecule has 196 valence electrons. The van der Waals surface area contributed by atoms with Crippen molar-refractivity contribution in [1.29, 1.82) is 0 Å². The number of aromatic nitrogens is 1. The number of hydrogen-bond acceptors (Lipinski definition) is 7. The molecule has 1 fully saturated rings. The molecule has 1 spiro atoms. The average Bonchev–Trinajstić information content (AvgIpc) is 2.89. The highest BCUT2D eigenvalue weighted by atomic mass is 35.5. The minimum atomic E-state index is -0.707. The van der Waals surface area contributed by atoms with E-state index in [4.69, 9.17) is 32.7 Å². The third kappa shape index (κ3) is 5.45. The summed E-state index contributed by atoms with van der Waals surface area (Å²) in [5.74, 6) is -0.560. The highest BCUT2D eigenvalue weighted by Gasteiger charge is 2.56. The maximum atomic E-state index is 12.9. The van der Waals surface area contributed by atoms with E-state index in [1.54, 1.807) is 19.1 Å². The molecule has 2 aliphatic rings. The van der Waals surface area contributed by atoms with Crippen LogP contribution in [-0.2, 0) is 25.5 Å². The number of pyridine rings is 1. The molecule has 0 aliphatic heterocycles. The Labute approximate surface area is 225 Å². The normalized spacial score (nSPS) is 17.1. The van der Waals surface area contributed by atoms with Crippen molar-refractivity contribution >= 4 is 46.5 Å². The van der Waals surface area contributed by atoms with Crippen molar-refractivity contribution in [3.63, 3.8) is 0 Å². The van der Waals surface area contributed by atoms with Crippen molar-refractivity contribution in [2.75, 3.05) is 19.0 Å². The lowest BCUT2D eigenvalue weighted by Crippen LogP contribution is -2.55. The van der Waals surface area contributed by atoms with Crippen LogP contribution >= 0.6 is 23.2 Å². The molecule has 0 unspecified atom stereocenters. The number of nitrogens with one attached hydrogen (secondary N) is 2. The summed E-state index contributed by atoms with van der Waals surface area (Å²) in [5.41, 5.74) is 1.62. The van der Waals surface area contributed by atoms with Crippen LogP contribution in [0.25, 0.3) is 0 Å². The average molecular weight is 546 g/mol. The van der Waals surface area contributed by atoms with E-state index in [1.807, 2.05) is 12.1 Å². The number of Topliss-reactive ketones (excluding diaryl/α,β-unsaturated/α-hetero) is 1. The number of allylic oxidation sites excluding steroid dienone is 2. The molecule has 1 aromatic heterocycles. The van der Waals surface area contributed by atoms with E-state index in [-0.39, 0.29) is 28.0 Å². The van der Waals surface area contributed by atoms with Gasteiger partial charge in [-0.15, -0.1) is 0 Å². The molecule has 1 heterocycles. The van der Waals surface area contributed by atoms with Crippen LogP contribution in [0.2, 0.25) is 10.0 Å². The Bertz CT molecular complexity index is 1200. The van der Waals surface area contributed by atoms with Crippen molar-refractivity contribution in [3.05, 3.63) is 69.3 Å². The standard InChI is InChI=1S/C27H29Cl2N3O5/c1-3-37-26(35)20(32-23-22(36-2)24(33)27(23)11-5-4-6-12-27)13-16-7-9-17(10-8-16)31-25(34)21-18(28)14-30-15-19(21)29/h7-10,14-15,20,32H,3-6,11-13H2,1-2H3,(H,31,34)/t20-/m0/s1. The van der Waals surface area contributed by atoms with Gasteiger partial charge in [-0.3, -0.25) is 14.6 Å². The number of anilines is 1. The lowest BCUT2D eigenvalue weighted by molar-refractivity contribution is -0.146. The van der Waals surface area contributed by atoms with E-state index in [0.29, 0.717) is 23.6 Å². The number of carbonyl (C=O) groups excluding carboxylic acids is 3. The molecular formula is C27H29Cl2N3O5. The third-order valence-electron chi connectivity index (χ3n) is 6.88. The second kappa shape index (κ2) is 11.5. The summed E-state index contributed by atoms with van der Waals surface area (Å²) in [7, 11) is 1.48. The zero-order valence-corrected chi connectivity index (χ0v) is 22.2. The van der Waals surface area contributed by atoms with Gasteiger partial charge in [-0.1, -0.05) is 54.6 Å². The fourth-order valence-electron chi connectivity index (χ4n) is 5.02. The van der Waals surface area contributed by atoms with Crippen LogP contribution in [0.3, 0.4) is 0 Å². The lowest BCUT2D eigenvalue weighted by atomic mass is 9.61. The van der Waals surface area contributed by atoms with Gasteiger partial charge in [-0.05, 0) is 37.5 Å². The van der Waals surface area contributed by atoms with Gasteiger partial charge in [0.1, 0.15) is 6.04 Å². The van der Waals surface area contributed by atoms with Crippen LogP contribution < -0.4 is 10.6 Å². The number of amides is 1. The van der Waals surface area contributed by atoms with Gasteiger partial charge < -0.3 is 20.1 Å². The molecule has 1 amide bonds. The van der Waals surface area contributed by atoms with Gasteiger partial charge in [-0.2, -0.15) is 0 Å². The summed E-state index contributed by atoms with van der Waals surface area (Å²) >= 11 is 12.2.